The van der Waals surface area contributed by atoms with Crippen LogP contribution in [0.4, 0.5) is 0 Å². The molecule has 0 unspecified atom stereocenters. The highest BCUT2D eigenvalue weighted by Crippen LogP contribution is 2.00. The van der Waals surface area contributed by atoms with Gasteiger partial charge in [0.15, 0.2) is 0 Å². The number of hydrogen-bond donors (Lipinski definition) is 0. The van der Waals surface area contributed by atoms with Gasteiger partial charge in [-0.05, 0) is 24.6 Å². The molecule has 0 aliphatic heterocycles. The van der Waals surface area contributed by atoms with Crippen LogP contribution in [0.15, 0.2) is 48.0 Å². The van der Waals surface area contributed by atoms with Crippen molar-refractivity contribution in [3.05, 3.63) is 48.6 Å². The highest BCUT2D eigenvalue weighted by atomic mass is 14.7. The average molecular weight is 173 g/mol. The fourth-order valence-electron chi connectivity index (χ4n) is 1.12. The summed E-state index contributed by atoms with van der Waals surface area (Å²) in [6, 6.07) is 10.4. The van der Waals surface area contributed by atoms with Gasteiger partial charge in [-0.3, -0.25) is 4.99 Å². The molecule has 0 aliphatic carbocycles. The maximum Gasteiger partial charge on any atom is 0.0563 e. The Morgan fingerprint density at radius 1 is 1.23 bits per heavy atom. The van der Waals surface area contributed by atoms with E-state index < -0.39 is 0 Å². The Bertz CT molecular complexity index is 262. The van der Waals surface area contributed by atoms with E-state index in [4.69, 9.17) is 0 Å². The smallest absolute Gasteiger partial charge is 0.0563 e. The van der Waals surface area contributed by atoms with Gasteiger partial charge >= 0.3 is 0 Å². The summed E-state index contributed by atoms with van der Waals surface area (Å²) in [7, 11) is 0. The molecule has 1 aromatic rings. The van der Waals surface area contributed by atoms with Crippen LogP contribution in [0.25, 0.3) is 0 Å². The third-order valence-corrected chi connectivity index (χ3v) is 1.77. The van der Waals surface area contributed by atoms with Gasteiger partial charge in [0.25, 0.3) is 0 Å². The largest absolute Gasteiger partial charge is 0.293 e. The van der Waals surface area contributed by atoms with E-state index in [9.17, 15) is 0 Å². The van der Waals surface area contributed by atoms with E-state index >= 15 is 0 Å². The second-order valence-electron chi connectivity index (χ2n) is 2.86. The van der Waals surface area contributed by atoms with Crippen molar-refractivity contribution >= 4 is 6.21 Å². The Labute approximate surface area is 79.8 Å². The van der Waals surface area contributed by atoms with Gasteiger partial charge in [0, 0.05) is 0 Å². The highest BCUT2D eigenvalue weighted by Gasteiger charge is 1.87. The van der Waals surface area contributed by atoms with Gasteiger partial charge in [0.1, 0.15) is 0 Å². The summed E-state index contributed by atoms with van der Waals surface area (Å²) in [5.41, 5.74) is 1.37. The predicted octanol–water partition coefficient (Wildman–Crippen LogP) is 2.88. The lowest BCUT2D eigenvalue weighted by molar-refractivity contribution is 1.05. The van der Waals surface area contributed by atoms with Crippen molar-refractivity contribution < 1.29 is 0 Å². The first-order chi connectivity index (χ1) is 6.43. The molecule has 1 nitrogen and oxygen atoms in total. The molecule has 1 aromatic carbocycles. The molecule has 0 saturated heterocycles. The second kappa shape index (κ2) is 6.18. The van der Waals surface area contributed by atoms with Crippen molar-refractivity contribution in [2.75, 3.05) is 6.54 Å². The predicted molar refractivity (Wildman–Crippen MR) is 58.3 cm³/mol. The van der Waals surface area contributed by atoms with Crippen LogP contribution in [-0.4, -0.2) is 12.8 Å². The Kier molecular flexibility index (Phi) is 4.62. The van der Waals surface area contributed by atoms with Gasteiger partial charge in [0.2, 0.25) is 0 Å². The standard InChI is InChI=1S/C12H15N/c1-2-10-13-11-6-9-12-7-4-3-5-8-12/h2-5,7-8,11H,1,6,9-10H2. The second-order valence-corrected chi connectivity index (χ2v) is 2.86. The summed E-state index contributed by atoms with van der Waals surface area (Å²) < 4.78 is 0. The minimum absolute atomic E-state index is 0.731. The lowest BCUT2D eigenvalue weighted by Crippen LogP contribution is -1.85. The molecule has 0 saturated carbocycles. The van der Waals surface area contributed by atoms with Crippen LogP contribution in [-0.2, 0) is 6.42 Å². The molecule has 13 heavy (non-hydrogen) atoms. The molecule has 0 amide bonds. The first kappa shape index (κ1) is 9.72. The van der Waals surface area contributed by atoms with Gasteiger partial charge in [-0.2, -0.15) is 0 Å². The normalized spacial score (nSPS) is 10.5. The van der Waals surface area contributed by atoms with Gasteiger partial charge in [-0.25, -0.2) is 0 Å². The lowest BCUT2D eigenvalue weighted by atomic mass is 10.1. The number of hydrogen-bond acceptors (Lipinski definition) is 1. The zero-order valence-electron chi connectivity index (χ0n) is 7.82. The molecular weight excluding hydrogens is 158 g/mol. The van der Waals surface area contributed by atoms with Crippen molar-refractivity contribution in [2.24, 2.45) is 4.99 Å². The van der Waals surface area contributed by atoms with Gasteiger partial charge in [-0.1, -0.05) is 36.4 Å². The third kappa shape index (κ3) is 4.26. The quantitative estimate of drug-likeness (QED) is 0.479. The highest BCUT2D eigenvalue weighted by molar-refractivity contribution is 5.57. The SMILES string of the molecule is C=CCN=CCCc1ccccc1. The van der Waals surface area contributed by atoms with Gasteiger partial charge < -0.3 is 0 Å². The molecule has 0 radical (unpaired) electrons. The van der Waals surface area contributed by atoms with E-state index in [0.717, 1.165) is 19.4 Å². The van der Waals surface area contributed by atoms with E-state index in [1.807, 2.05) is 12.3 Å². The fraction of sp³-hybridized carbons (Fsp3) is 0.250. The zero-order chi connectivity index (χ0) is 9.36. The maximum atomic E-state index is 4.16. The van der Waals surface area contributed by atoms with Crippen LogP contribution in [0.2, 0.25) is 0 Å². The number of rotatable bonds is 5. The summed E-state index contributed by atoms with van der Waals surface area (Å²) in [5.74, 6) is 0. The number of aliphatic imine (C=N–C) groups is 1. The summed E-state index contributed by atoms with van der Waals surface area (Å²) in [4.78, 5) is 4.16. The van der Waals surface area contributed by atoms with Gasteiger partial charge in [0.05, 0.1) is 6.54 Å². The molecule has 0 N–H and O–H groups in total. The molecule has 0 spiro atoms. The van der Waals surface area contributed by atoms with Crippen molar-refractivity contribution in [2.45, 2.75) is 12.8 Å². The number of benzene rings is 1. The Morgan fingerprint density at radius 3 is 2.69 bits per heavy atom. The minimum atomic E-state index is 0.731. The average Bonchev–Trinajstić information content (AvgIpc) is 2.19. The number of nitrogens with zero attached hydrogens (tertiary/aromatic N) is 1. The molecule has 0 fully saturated rings. The van der Waals surface area contributed by atoms with E-state index in [1.54, 1.807) is 6.08 Å². The van der Waals surface area contributed by atoms with E-state index in [2.05, 4.69) is 35.8 Å². The molecule has 1 heteroatoms. The maximum absolute atomic E-state index is 4.16. The van der Waals surface area contributed by atoms with E-state index in [-0.39, 0.29) is 0 Å². The Morgan fingerprint density at radius 2 is 2.00 bits per heavy atom. The van der Waals surface area contributed by atoms with Crippen LogP contribution < -0.4 is 0 Å². The first-order valence-corrected chi connectivity index (χ1v) is 4.56. The van der Waals surface area contributed by atoms with Crippen LogP contribution >= 0.6 is 0 Å². The van der Waals surface area contributed by atoms with Crippen LogP contribution in [0.5, 0.6) is 0 Å². The molecule has 0 heterocycles. The summed E-state index contributed by atoms with van der Waals surface area (Å²) in [6.07, 6.45) is 5.85. The van der Waals surface area contributed by atoms with Crippen LogP contribution in [0.1, 0.15) is 12.0 Å². The van der Waals surface area contributed by atoms with Crippen molar-refractivity contribution in [3.8, 4) is 0 Å². The molecular formula is C12H15N. The van der Waals surface area contributed by atoms with Crippen molar-refractivity contribution in [1.29, 1.82) is 0 Å². The molecule has 0 aromatic heterocycles. The van der Waals surface area contributed by atoms with Crippen LogP contribution in [0, 0.1) is 0 Å². The molecule has 0 aliphatic rings. The molecule has 0 atom stereocenters. The molecule has 68 valence electrons. The molecule has 0 bridgehead atoms. The Balaban J connectivity index is 2.24. The topological polar surface area (TPSA) is 12.4 Å². The fourth-order valence-corrected chi connectivity index (χ4v) is 1.12. The zero-order valence-corrected chi connectivity index (χ0v) is 7.82. The lowest BCUT2D eigenvalue weighted by Gasteiger charge is -1.95. The summed E-state index contributed by atoms with van der Waals surface area (Å²) >= 11 is 0. The van der Waals surface area contributed by atoms with Crippen molar-refractivity contribution in [1.82, 2.24) is 0 Å². The van der Waals surface area contributed by atoms with Crippen LogP contribution in [0.3, 0.4) is 0 Å². The van der Waals surface area contributed by atoms with Gasteiger partial charge in [-0.15, -0.1) is 6.58 Å². The van der Waals surface area contributed by atoms with E-state index in [1.165, 1.54) is 5.56 Å². The Hall–Kier alpha value is -1.37. The van der Waals surface area contributed by atoms with Crippen molar-refractivity contribution in [3.63, 3.8) is 0 Å². The summed E-state index contributed by atoms with van der Waals surface area (Å²) in [5, 5.41) is 0. The summed E-state index contributed by atoms with van der Waals surface area (Å²) in [6.45, 7) is 4.33. The minimum Gasteiger partial charge on any atom is -0.293 e. The first-order valence-electron chi connectivity index (χ1n) is 4.56. The molecule has 1 rings (SSSR count). The van der Waals surface area contributed by atoms with E-state index in [0.29, 0.717) is 0 Å². The third-order valence-electron chi connectivity index (χ3n) is 1.77. The monoisotopic (exact) mass is 173 g/mol. The number of aryl methyl sites for hydroxylation is 1.